The van der Waals surface area contributed by atoms with E-state index in [1.807, 2.05) is 0 Å². The molecule has 0 aromatic carbocycles. The molecule has 1 fully saturated rings. The van der Waals surface area contributed by atoms with Gasteiger partial charge in [0.2, 0.25) is 0 Å². The SMILES string of the molecule is CC1CC(=O)[N]C(=O)N1. The summed E-state index contributed by atoms with van der Waals surface area (Å²) in [4.78, 5) is 20.8. The molecule has 0 spiro atoms. The minimum absolute atomic E-state index is 0.0532. The third-order valence-electron chi connectivity index (χ3n) is 1.08. The van der Waals surface area contributed by atoms with Gasteiger partial charge in [-0.3, -0.25) is 4.79 Å². The van der Waals surface area contributed by atoms with Gasteiger partial charge in [0.25, 0.3) is 5.91 Å². The molecule has 1 rings (SSSR count). The number of nitrogens with one attached hydrogen (secondary N) is 1. The van der Waals surface area contributed by atoms with Gasteiger partial charge >= 0.3 is 6.03 Å². The zero-order valence-corrected chi connectivity index (χ0v) is 5.05. The van der Waals surface area contributed by atoms with Crippen molar-refractivity contribution in [3.05, 3.63) is 0 Å². The van der Waals surface area contributed by atoms with Gasteiger partial charge in [0.05, 0.1) is 0 Å². The lowest BCUT2D eigenvalue weighted by Gasteiger charge is -2.16. The molecule has 3 amide bonds. The Hall–Kier alpha value is -1.06. The van der Waals surface area contributed by atoms with Crippen LogP contribution in [0.4, 0.5) is 4.79 Å². The van der Waals surface area contributed by atoms with Crippen LogP contribution in [0.25, 0.3) is 0 Å². The number of hydrogen-bond acceptors (Lipinski definition) is 2. The summed E-state index contributed by atoms with van der Waals surface area (Å²) in [6.45, 7) is 1.77. The van der Waals surface area contributed by atoms with Crippen LogP contribution < -0.4 is 10.6 Å². The lowest BCUT2D eigenvalue weighted by Crippen LogP contribution is -2.46. The monoisotopic (exact) mass is 127 g/mol. The van der Waals surface area contributed by atoms with Gasteiger partial charge in [0.1, 0.15) is 0 Å². The van der Waals surface area contributed by atoms with Gasteiger partial charge in [-0.15, -0.1) is 0 Å². The number of rotatable bonds is 0. The largest absolute Gasteiger partial charge is 0.344 e. The lowest BCUT2D eigenvalue weighted by molar-refractivity contribution is -0.121. The van der Waals surface area contributed by atoms with E-state index in [-0.39, 0.29) is 11.9 Å². The Morgan fingerprint density at radius 3 is 2.78 bits per heavy atom. The summed E-state index contributed by atoms with van der Waals surface area (Å²) in [6.07, 6.45) is 0.325. The minimum atomic E-state index is -0.515. The van der Waals surface area contributed by atoms with Crippen LogP contribution in [0.2, 0.25) is 0 Å². The van der Waals surface area contributed by atoms with E-state index in [4.69, 9.17) is 0 Å². The van der Waals surface area contributed by atoms with E-state index in [0.29, 0.717) is 6.42 Å². The molecule has 1 unspecified atom stereocenters. The number of hydrogen-bond donors (Lipinski definition) is 1. The number of imide groups is 1. The molecule has 1 N–H and O–H groups in total. The second kappa shape index (κ2) is 2.05. The summed E-state index contributed by atoms with van der Waals surface area (Å²) in [5.74, 6) is -0.328. The highest BCUT2D eigenvalue weighted by Crippen LogP contribution is 1.96. The Morgan fingerprint density at radius 2 is 2.33 bits per heavy atom. The van der Waals surface area contributed by atoms with Crippen LogP contribution in [0, 0.1) is 0 Å². The summed E-state index contributed by atoms with van der Waals surface area (Å²) in [5, 5.41) is 5.63. The molecule has 0 aromatic heterocycles. The minimum Gasteiger partial charge on any atom is -0.333 e. The first-order valence-electron chi connectivity index (χ1n) is 2.73. The number of nitrogens with zero attached hydrogens (tertiary/aromatic N) is 1. The summed E-state index contributed by atoms with van der Waals surface area (Å²) in [5.41, 5.74) is 0. The van der Waals surface area contributed by atoms with Crippen LogP contribution in [-0.4, -0.2) is 18.0 Å². The van der Waals surface area contributed by atoms with Crippen molar-refractivity contribution < 1.29 is 9.59 Å². The van der Waals surface area contributed by atoms with Gasteiger partial charge in [-0.25, -0.2) is 4.79 Å². The molecular weight excluding hydrogens is 120 g/mol. The average molecular weight is 127 g/mol. The van der Waals surface area contributed by atoms with Crippen molar-refractivity contribution >= 4 is 11.9 Å². The van der Waals surface area contributed by atoms with Crippen LogP contribution >= 0.6 is 0 Å². The third-order valence-corrected chi connectivity index (χ3v) is 1.08. The van der Waals surface area contributed by atoms with E-state index in [9.17, 15) is 9.59 Å². The topological polar surface area (TPSA) is 60.3 Å². The molecule has 1 aliphatic heterocycles. The summed E-state index contributed by atoms with van der Waals surface area (Å²) in [6, 6.07) is -0.568. The molecule has 0 bridgehead atoms. The lowest BCUT2D eigenvalue weighted by atomic mass is 10.2. The van der Waals surface area contributed by atoms with Gasteiger partial charge in [-0.1, -0.05) is 0 Å². The zero-order chi connectivity index (χ0) is 6.85. The van der Waals surface area contributed by atoms with Crippen molar-refractivity contribution in [3.8, 4) is 0 Å². The summed E-state index contributed by atoms with van der Waals surface area (Å²) >= 11 is 0. The first-order valence-corrected chi connectivity index (χ1v) is 2.73. The van der Waals surface area contributed by atoms with E-state index in [2.05, 4.69) is 10.6 Å². The molecule has 0 aliphatic carbocycles. The van der Waals surface area contributed by atoms with E-state index in [1.165, 1.54) is 0 Å². The van der Waals surface area contributed by atoms with Crippen molar-refractivity contribution in [2.75, 3.05) is 0 Å². The van der Waals surface area contributed by atoms with E-state index in [0.717, 1.165) is 0 Å². The smallest absolute Gasteiger partial charge is 0.333 e. The molecular formula is C5H7N2O2. The first kappa shape index (κ1) is 6.07. The van der Waals surface area contributed by atoms with E-state index >= 15 is 0 Å². The maximum Gasteiger partial charge on any atom is 0.344 e. The normalized spacial score (nSPS) is 27.0. The highest BCUT2D eigenvalue weighted by atomic mass is 16.2. The maximum atomic E-state index is 10.5. The van der Waals surface area contributed by atoms with Crippen molar-refractivity contribution in [3.63, 3.8) is 0 Å². The standard InChI is InChI=1S/C5H7N2O2/c1-3-2-4(8)7-5(9)6-3/h3H,2H2,1H3,(H,6,9). The molecule has 1 saturated heterocycles. The number of urea groups is 1. The Kier molecular flexibility index (Phi) is 1.38. The molecule has 1 radical (unpaired) electrons. The van der Waals surface area contributed by atoms with Crippen molar-refractivity contribution in [2.45, 2.75) is 19.4 Å². The Bertz CT molecular complexity index is 139. The zero-order valence-electron chi connectivity index (χ0n) is 5.05. The van der Waals surface area contributed by atoms with Gasteiger partial charge < -0.3 is 5.32 Å². The van der Waals surface area contributed by atoms with Crippen LogP contribution in [0.15, 0.2) is 0 Å². The Balaban J connectivity index is 2.53. The predicted octanol–water partition coefficient (Wildman–Crippen LogP) is -0.381. The van der Waals surface area contributed by atoms with Gasteiger partial charge in [-0.2, -0.15) is 5.32 Å². The fraction of sp³-hybridized carbons (Fsp3) is 0.600. The van der Waals surface area contributed by atoms with Crippen molar-refractivity contribution in [1.82, 2.24) is 10.6 Å². The van der Waals surface area contributed by atoms with Gasteiger partial charge in [0, 0.05) is 12.5 Å². The highest BCUT2D eigenvalue weighted by molar-refractivity contribution is 5.96. The Labute approximate surface area is 52.6 Å². The molecule has 4 nitrogen and oxygen atoms in total. The molecule has 0 aromatic rings. The molecule has 1 aliphatic rings. The fourth-order valence-corrected chi connectivity index (χ4v) is 0.715. The molecule has 1 atom stereocenters. The maximum absolute atomic E-state index is 10.5. The first-order chi connectivity index (χ1) is 4.18. The van der Waals surface area contributed by atoms with E-state index in [1.54, 1.807) is 6.92 Å². The molecule has 1 heterocycles. The summed E-state index contributed by atoms with van der Waals surface area (Å²) in [7, 11) is 0. The molecule has 4 heteroatoms. The van der Waals surface area contributed by atoms with Gasteiger partial charge in [0.15, 0.2) is 0 Å². The molecule has 49 valence electrons. The molecule has 0 saturated carbocycles. The van der Waals surface area contributed by atoms with Crippen molar-refractivity contribution in [1.29, 1.82) is 0 Å². The highest BCUT2D eigenvalue weighted by Gasteiger charge is 2.21. The molecule has 9 heavy (non-hydrogen) atoms. The summed E-state index contributed by atoms with van der Waals surface area (Å²) < 4.78 is 0. The number of carbonyl (C=O) groups excluding carboxylic acids is 2. The van der Waals surface area contributed by atoms with Crippen LogP contribution in [0.1, 0.15) is 13.3 Å². The number of amides is 3. The Morgan fingerprint density at radius 1 is 1.67 bits per heavy atom. The fourth-order valence-electron chi connectivity index (χ4n) is 0.715. The second-order valence-electron chi connectivity index (χ2n) is 2.06. The van der Waals surface area contributed by atoms with Gasteiger partial charge in [-0.05, 0) is 6.92 Å². The quantitative estimate of drug-likeness (QED) is 0.482. The third kappa shape index (κ3) is 1.42. The van der Waals surface area contributed by atoms with E-state index < -0.39 is 6.03 Å². The average Bonchev–Trinajstić information content (AvgIpc) is 1.59. The van der Waals surface area contributed by atoms with Crippen LogP contribution in [0.3, 0.4) is 0 Å². The van der Waals surface area contributed by atoms with Crippen LogP contribution in [-0.2, 0) is 4.79 Å². The second-order valence-corrected chi connectivity index (χ2v) is 2.06. The predicted molar refractivity (Wildman–Crippen MR) is 29.8 cm³/mol. The number of carbonyl (C=O) groups is 2. The van der Waals surface area contributed by atoms with Crippen molar-refractivity contribution in [2.24, 2.45) is 0 Å². The van der Waals surface area contributed by atoms with Crippen LogP contribution in [0.5, 0.6) is 0 Å².